The molecule has 10 heteroatoms. The Labute approximate surface area is 218 Å². The number of aliphatic hydroxyl groups is 1. The van der Waals surface area contributed by atoms with Gasteiger partial charge in [0.2, 0.25) is 0 Å². The van der Waals surface area contributed by atoms with Crippen molar-refractivity contribution in [1.29, 1.82) is 0 Å². The van der Waals surface area contributed by atoms with Gasteiger partial charge in [0.05, 0.1) is 29.7 Å². The number of rotatable bonds is 4. The van der Waals surface area contributed by atoms with Crippen LogP contribution in [0.2, 0.25) is 0 Å². The zero-order chi connectivity index (χ0) is 27.2. The van der Waals surface area contributed by atoms with Crippen molar-refractivity contribution in [2.75, 3.05) is 11.9 Å². The first-order chi connectivity index (χ1) is 18.0. The summed E-state index contributed by atoms with van der Waals surface area (Å²) in [5, 5.41) is 13.3. The molecule has 38 heavy (non-hydrogen) atoms. The third kappa shape index (κ3) is 4.86. The van der Waals surface area contributed by atoms with Crippen molar-refractivity contribution in [3.8, 4) is 17.0 Å². The quantitative estimate of drug-likeness (QED) is 0.440. The fourth-order valence-electron chi connectivity index (χ4n) is 5.55. The van der Waals surface area contributed by atoms with Crippen LogP contribution in [0.1, 0.15) is 67.1 Å². The van der Waals surface area contributed by atoms with Gasteiger partial charge in [-0.15, -0.1) is 0 Å². The Kier molecular flexibility index (Phi) is 6.87. The molecule has 4 N–H and O–H groups in total. The molecule has 2 aromatic heterocycles. The van der Waals surface area contributed by atoms with Gasteiger partial charge >= 0.3 is 0 Å². The number of aromatic nitrogens is 2. The standard InChI is InChI=1S/C28H29F3N4O3/c1-14-9-15(11-16(32)10-14)17-5-7-33-13-22(17)35-27(36)21-4-3-19(29)25(34-21)23-20(30)12-18-26(24(23)31)38-8-6-28(18,2)37/h3-5,7,12-16,37H,6,8-11,32H2,1-2H3,(H,35,36)/t14-,15+,16+,28+/m0/s1. The minimum atomic E-state index is -1.51. The number of pyridine rings is 2. The number of amides is 1. The second kappa shape index (κ2) is 9.99. The smallest absolute Gasteiger partial charge is 0.274 e. The second-order valence-corrected chi connectivity index (χ2v) is 10.5. The zero-order valence-electron chi connectivity index (χ0n) is 21.1. The molecular formula is C28H29F3N4O3. The number of anilines is 1. The second-order valence-electron chi connectivity index (χ2n) is 10.5. The normalized spacial score (nSPS) is 24.9. The molecule has 1 aliphatic carbocycles. The van der Waals surface area contributed by atoms with E-state index in [0.29, 0.717) is 11.6 Å². The van der Waals surface area contributed by atoms with E-state index in [1.807, 2.05) is 6.07 Å². The lowest BCUT2D eigenvalue weighted by Crippen LogP contribution is -2.31. The summed E-state index contributed by atoms with van der Waals surface area (Å²) in [5.74, 6) is -3.85. The van der Waals surface area contributed by atoms with E-state index in [1.165, 1.54) is 13.1 Å². The number of halogens is 3. The van der Waals surface area contributed by atoms with Crippen molar-refractivity contribution in [2.45, 2.75) is 57.1 Å². The van der Waals surface area contributed by atoms with Crippen molar-refractivity contribution in [3.63, 3.8) is 0 Å². The summed E-state index contributed by atoms with van der Waals surface area (Å²) in [5.41, 5.74) is 4.31. The Bertz CT molecular complexity index is 1390. The fourth-order valence-corrected chi connectivity index (χ4v) is 5.55. The van der Waals surface area contributed by atoms with Crippen LogP contribution in [0.25, 0.3) is 11.3 Å². The number of hydrogen-bond acceptors (Lipinski definition) is 6. The Morgan fingerprint density at radius 1 is 1.18 bits per heavy atom. The minimum Gasteiger partial charge on any atom is -0.490 e. The molecule has 0 saturated heterocycles. The lowest BCUT2D eigenvalue weighted by Gasteiger charge is -2.32. The van der Waals surface area contributed by atoms with Crippen molar-refractivity contribution in [2.24, 2.45) is 11.7 Å². The number of carbonyl (C=O) groups is 1. The molecule has 4 atom stereocenters. The molecule has 0 unspecified atom stereocenters. The molecule has 1 saturated carbocycles. The van der Waals surface area contributed by atoms with E-state index < -0.39 is 40.2 Å². The lowest BCUT2D eigenvalue weighted by atomic mass is 9.76. The average Bonchev–Trinajstić information content (AvgIpc) is 2.85. The summed E-state index contributed by atoms with van der Waals surface area (Å²) >= 11 is 0. The van der Waals surface area contributed by atoms with Crippen molar-refractivity contribution < 1.29 is 27.8 Å². The maximum atomic E-state index is 15.4. The highest BCUT2D eigenvalue weighted by Crippen LogP contribution is 2.43. The third-order valence-corrected chi connectivity index (χ3v) is 7.43. The zero-order valence-corrected chi connectivity index (χ0v) is 21.1. The van der Waals surface area contributed by atoms with Crippen molar-refractivity contribution in [1.82, 2.24) is 9.97 Å². The monoisotopic (exact) mass is 526 g/mol. The van der Waals surface area contributed by atoms with Crippen LogP contribution in [0.3, 0.4) is 0 Å². The van der Waals surface area contributed by atoms with Crippen LogP contribution in [-0.2, 0) is 5.60 Å². The van der Waals surface area contributed by atoms with E-state index in [4.69, 9.17) is 10.5 Å². The number of fused-ring (bicyclic) bond motifs is 1. The number of benzene rings is 1. The van der Waals surface area contributed by atoms with Crippen molar-refractivity contribution >= 4 is 11.6 Å². The van der Waals surface area contributed by atoms with Gasteiger partial charge in [0, 0.05) is 24.2 Å². The van der Waals surface area contributed by atoms with Gasteiger partial charge in [0.25, 0.3) is 5.91 Å². The molecule has 5 rings (SSSR count). The number of hydrogen-bond donors (Lipinski definition) is 3. The Hall–Kier alpha value is -3.50. The SMILES string of the molecule is C[C@@H]1C[C@@H](N)C[C@H](c2ccncc2NC(=O)c2ccc(F)c(-c3c(F)cc4c(c3F)OCC[C@@]4(C)O)n2)C1. The first-order valence-electron chi connectivity index (χ1n) is 12.6. The number of nitrogens with one attached hydrogen (secondary N) is 1. The predicted molar refractivity (Wildman–Crippen MR) is 135 cm³/mol. The van der Waals surface area contributed by atoms with Gasteiger partial charge in [0.15, 0.2) is 11.6 Å². The Morgan fingerprint density at radius 2 is 1.97 bits per heavy atom. The molecule has 1 aromatic carbocycles. The van der Waals surface area contributed by atoms with Crippen molar-refractivity contribution in [3.05, 3.63) is 70.9 Å². The first-order valence-corrected chi connectivity index (χ1v) is 12.6. The predicted octanol–water partition coefficient (Wildman–Crippen LogP) is 5.03. The number of nitrogens with two attached hydrogens (primary N) is 1. The lowest BCUT2D eigenvalue weighted by molar-refractivity contribution is 0.0126. The van der Waals surface area contributed by atoms with Crippen LogP contribution in [-0.4, -0.2) is 33.6 Å². The van der Waals surface area contributed by atoms with Crippen LogP contribution in [0.15, 0.2) is 36.7 Å². The molecule has 0 bridgehead atoms. The summed E-state index contributed by atoms with van der Waals surface area (Å²) < 4.78 is 50.7. The molecule has 1 amide bonds. The molecule has 3 heterocycles. The number of ether oxygens (including phenoxy) is 1. The third-order valence-electron chi connectivity index (χ3n) is 7.43. The topological polar surface area (TPSA) is 110 Å². The van der Waals surface area contributed by atoms with Gasteiger partial charge in [-0.25, -0.2) is 18.2 Å². The molecule has 7 nitrogen and oxygen atoms in total. The van der Waals surface area contributed by atoms with E-state index in [9.17, 15) is 14.3 Å². The van der Waals surface area contributed by atoms with Crippen LogP contribution in [0.5, 0.6) is 5.75 Å². The van der Waals surface area contributed by atoms with Crippen LogP contribution < -0.4 is 15.8 Å². The van der Waals surface area contributed by atoms with E-state index in [1.54, 1.807) is 6.20 Å². The van der Waals surface area contributed by atoms with Gasteiger partial charge in [-0.2, -0.15) is 0 Å². The van der Waals surface area contributed by atoms with E-state index in [0.717, 1.165) is 43.0 Å². The molecule has 0 radical (unpaired) electrons. The summed E-state index contributed by atoms with van der Waals surface area (Å²) in [6.07, 6.45) is 5.92. The Morgan fingerprint density at radius 3 is 2.74 bits per heavy atom. The minimum absolute atomic E-state index is 0.00152. The molecule has 3 aromatic rings. The first kappa shape index (κ1) is 26.1. The van der Waals surface area contributed by atoms with Crippen LogP contribution in [0, 0.1) is 23.4 Å². The summed E-state index contributed by atoms with van der Waals surface area (Å²) in [6, 6.07) is 4.87. The maximum absolute atomic E-state index is 15.4. The summed E-state index contributed by atoms with van der Waals surface area (Å²) in [6.45, 7) is 3.56. The Balaban J connectivity index is 1.48. The van der Waals surface area contributed by atoms with Gasteiger partial charge in [-0.1, -0.05) is 6.92 Å². The van der Waals surface area contributed by atoms with E-state index >= 15 is 8.78 Å². The molecule has 1 aliphatic heterocycles. The fraction of sp³-hybridized carbons (Fsp3) is 0.393. The number of nitrogens with zero attached hydrogens (tertiary/aromatic N) is 2. The van der Waals surface area contributed by atoms with Gasteiger partial charge in [-0.05, 0) is 67.9 Å². The highest BCUT2D eigenvalue weighted by Gasteiger charge is 2.36. The number of carbonyl (C=O) groups excluding carboxylic acids is 1. The highest BCUT2D eigenvalue weighted by atomic mass is 19.1. The van der Waals surface area contributed by atoms with E-state index in [2.05, 4.69) is 22.2 Å². The summed E-state index contributed by atoms with van der Waals surface area (Å²) in [7, 11) is 0. The van der Waals surface area contributed by atoms with Crippen LogP contribution >= 0.6 is 0 Å². The largest absolute Gasteiger partial charge is 0.490 e. The highest BCUT2D eigenvalue weighted by molar-refractivity contribution is 6.03. The molecule has 2 aliphatic rings. The average molecular weight is 527 g/mol. The summed E-state index contributed by atoms with van der Waals surface area (Å²) in [4.78, 5) is 21.3. The van der Waals surface area contributed by atoms with Gasteiger partial charge < -0.3 is 20.9 Å². The molecule has 200 valence electrons. The molecule has 1 fully saturated rings. The van der Waals surface area contributed by atoms with Gasteiger partial charge in [0.1, 0.15) is 23.0 Å². The molecular weight excluding hydrogens is 497 g/mol. The van der Waals surface area contributed by atoms with E-state index in [-0.39, 0.29) is 42.0 Å². The molecule has 0 spiro atoms. The van der Waals surface area contributed by atoms with Crippen LogP contribution in [0.4, 0.5) is 18.9 Å². The van der Waals surface area contributed by atoms with Gasteiger partial charge in [-0.3, -0.25) is 9.78 Å². The maximum Gasteiger partial charge on any atom is 0.274 e.